The Bertz CT molecular complexity index is 1350. The van der Waals surface area contributed by atoms with Crippen LogP contribution in [0.3, 0.4) is 0 Å². The number of ether oxygens (including phenoxy) is 2. The molecule has 3 saturated heterocycles. The van der Waals surface area contributed by atoms with E-state index in [9.17, 15) is 0 Å². The van der Waals surface area contributed by atoms with Crippen molar-refractivity contribution < 1.29 is 28.1 Å². The van der Waals surface area contributed by atoms with Crippen LogP contribution in [0.1, 0.15) is 78.6 Å². The molecule has 0 radical (unpaired) electrons. The van der Waals surface area contributed by atoms with Crippen molar-refractivity contribution in [1.29, 1.82) is 0 Å². The number of rotatable bonds is 7. The van der Waals surface area contributed by atoms with Crippen molar-refractivity contribution in [2.45, 2.75) is 102 Å². The summed E-state index contributed by atoms with van der Waals surface area (Å²) in [5, 5.41) is 0. The Balaban J connectivity index is 1.35. The van der Waals surface area contributed by atoms with Gasteiger partial charge in [0.2, 0.25) is 0 Å². The second-order valence-electron chi connectivity index (χ2n) is 14.5. The average molecular weight is 611 g/mol. The maximum absolute atomic E-state index is 6.33. The molecule has 4 atom stereocenters. The first-order valence-corrected chi connectivity index (χ1v) is 16.0. The smallest absolute Gasteiger partial charge is 0.399 e. The highest BCUT2D eigenvalue weighted by Crippen LogP contribution is 2.49. The molecule has 0 aliphatic carbocycles. The molecule has 6 rings (SSSR count). The Hall–Kier alpha value is -2.65. The predicted molar refractivity (Wildman–Crippen MR) is 180 cm³/mol. The zero-order chi connectivity index (χ0) is 32.4. The molecule has 7 nitrogen and oxygen atoms in total. The molecule has 0 N–H and O–H groups in total. The maximum Gasteiger partial charge on any atom is 0.494 e. The highest BCUT2D eigenvalue weighted by atomic mass is 16.7. The van der Waals surface area contributed by atoms with E-state index in [-0.39, 0.29) is 24.3 Å². The van der Waals surface area contributed by atoms with E-state index in [1.54, 1.807) is 14.2 Å². The van der Waals surface area contributed by atoms with E-state index in [1.165, 1.54) is 0 Å². The lowest BCUT2D eigenvalue weighted by molar-refractivity contribution is -0.0288. The van der Waals surface area contributed by atoms with Gasteiger partial charge in [-0.25, -0.2) is 0 Å². The first kappa shape index (κ1) is 32.3. The quantitative estimate of drug-likeness (QED) is 0.322. The third-order valence-electron chi connectivity index (χ3n) is 10.8. The van der Waals surface area contributed by atoms with Gasteiger partial charge in [-0.15, -0.1) is 0 Å². The molecule has 0 amide bonds. The number of benzene rings is 3. The summed E-state index contributed by atoms with van der Waals surface area (Å²) in [5.41, 5.74) is 3.75. The Morgan fingerprint density at radius 2 is 0.844 bits per heavy atom. The molecular formula is C36H47B2NO6. The van der Waals surface area contributed by atoms with Gasteiger partial charge in [0.25, 0.3) is 0 Å². The summed E-state index contributed by atoms with van der Waals surface area (Å²) in [4.78, 5) is 2.44. The van der Waals surface area contributed by atoms with Gasteiger partial charge in [0, 0.05) is 19.9 Å². The van der Waals surface area contributed by atoms with Crippen molar-refractivity contribution in [2.75, 3.05) is 19.1 Å². The third-order valence-corrected chi connectivity index (χ3v) is 10.8. The van der Waals surface area contributed by atoms with E-state index in [0.717, 1.165) is 27.7 Å². The van der Waals surface area contributed by atoms with Crippen molar-refractivity contribution >= 4 is 30.8 Å². The summed E-state index contributed by atoms with van der Waals surface area (Å²) in [6.07, 6.45) is -0.462. The number of hydrogen-bond acceptors (Lipinski definition) is 7. The molecular weight excluding hydrogens is 564 g/mol. The molecule has 0 saturated carbocycles. The minimum absolute atomic E-state index is 0.109. The monoisotopic (exact) mass is 611 g/mol. The molecule has 0 aromatic heterocycles. The first-order valence-electron chi connectivity index (χ1n) is 16.0. The van der Waals surface area contributed by atoms with Crippen LogP contribution in [-0.2, 0) is 28.1 Å². The lowest BCUT2D eigenvalue weighted by atomic mass is 9.78. The van der Waals surface area contributed by atoms with Gasteiger partial charge in [-0.05, 0) is 89.6 Å². The molecule has 3 aromatic carbocycles. The van der Waals surface area contributed by atoms with E-state index >= 15 is 0 Å². The molecule has 0 bridgehead atoms. The molecule has 3 aromatic rings. The minimum atomic E-state index is -0.418. The van der Waals surface area contributed by atoms with Crippen molar-refractivity contribution in [3.63, 3.8) is 0 Å². The summed E-state index contributed by atoms with van der Waals surface area (Å²) in [7, 11) is 2.71. The number of methoxy groups -OCH3 is 2. The van der Waals surface area contributed by atoms with E-state index < -0.39 is 36.6 Å². The number of nitrogens with zero attached hydrogens (tertiary/aromatic N) is 1. The second kappa shape index (κ2) is 11.5. The Kier molecular flexibility index (Phi) is 8.29. The highest BCUT2D eigenvalue weighted by Gasteiger charge is 2.54. The zero-order valence-electron chi connectivity index (χ0n) is 28.4. The summed E-state index contributed by atoms with van der Waals surface area (Å²) in [6.45, 7) is 16.6. The molecule has 45 heavy (non-hydrogen) atoms. The zero-order valence-corrected chi connectivity index (χ0v) is 28.4. The molecule has 9 heteroatoms. The standard InChI is InChI=1S/C36H47B2NO6/c1-33(2)34(3,4)43-37(42-33)26-20-16-24(17-21-26)29-31(40-9)32(41-10)30(39(29)28-14-12-11-13-15-28)25-18-22-27(23-19-25)38-44-35(5,6)36(7,8)45-38/h11-23,29-32H,1-10H3/t29-,30-,31+,32+/m0/s1. The molecule has 238 valence electrons. The molecule has 0 unspecified atom stereocenters. The molecule has 3 aliphatic rings. The van der Waals surface area contributed by atoms with Crippen molar-refractivity contribution in [2.24, 2.45) is 0 Å². The molecule has 0 spiro atoms. The third kappa shape index (κ3) is 5.56. The van der Waals surface area contributed by atoms with Gasteiger partial charge in [-0.1, -0.05) is 66.7 Å². The van der Waals surface area contributed by atoms with Gasteiger partial charge in [0.05, 0.1) is 34.5 Å². The Morgan fingerprint density at radius 3 is 1.16 bits per heavy atom. The van der Waals surface area contributed by atoms with E-state index in [1.807, 2.05) is 6.07 Å². The van der Waals surface area contributed by atoms with Gasteiger partial charge >= 0.3 is 14.2 Å². The van der Waals surface area contributed by atoms with Gasteiger partial charge in [0.1, 0.15) is 12.2 Å². The van der Waals surface area contributed by atoms with E-state index in [4.69, 9.17) is 28.1 Å². The van der Waals surface area contributed by atoms with Crippen LogP contribution in [0, 0.1) is 0 Å². The van der Waals surface area contributed by atoms with Crippen molar-refractivity contribution in [1.82, 2.24) is 0 Å². The summed E-state index contributed by atoms with van der Waals surface area (Å²) < 4.78 is 37.9. The summed E-state index contributed by atoms with van der Waals surface area (Å²) in [5.74, 6) is 0. The van der Waals surface area contributed by atoms with Crippen LogP contribution in [0.2, 0.25) is 0 Å². The van der Waals surface area contributed by atoms with Crippen molar-refractivity contribution in [3.05, 3.63) is 90.0 Å². The summed E-state index contributed by atoms with van der Waals surface area (Å²) >= 11 is 0. The Labute approximate surface area is 269 Å². The van der Waals surface area contributed by atoms with Gasteiger partial charge in [-0.2, -0.15) is 0 Å². The van der Waals surface area contributed by atoms with Crippen LogP contribution in [0.4, 0.5) is 5.69 Å². The fourth-order valence-corrected chi connectivity index (χ4v) is 6.66. The fourth-order valence-electron chi connectivity index (χ4n) is 6.66. The second-order valence-corrected chi connectivity index (χ2v) is 14.5. The maximum atomic E-state index is 6.33. The number of para-hydroxylation sites is 1. The lowest BCUT2D eigenvalue weighted by Gasteiger charge is -2.34. The highest BCUT2D eigenvalue weighted by molar-refractivity contribution is 6.62. The minimum Gasteiger partial charge on any atom is -0.399 e. The van der Waals surface area contributed by atoms with Crippen LogP contribution in [0.5, 0.6) is 0 Å². The normalized spacial score (nSPS) is 28.2. The summed E-state index contributed by atoms with van der Waals surface area (Å²) in [6, 6.07) is 27.4. The molecule has 3 fully saturated rings. The topological polar surface area (TPSA) is 58.6 Å². The number of anilines is 1. The van der Waals surface area contributed by atoms with Crippen LogP contribution in [0.25, 0.3) is 0 Å². The largest absolute Gasteiger partial charge is 0.494 e. The van der Waals surface area contributed by atoms with Crippen LogP contribution in [0.15, 0.2) is 78.9 Å². The van der Waals surface area contributed by atoms with Crippen LogP contribution < -0.4 is 15.8 Å². The van der Waals surface area contributed by atoms with Gasteiger partial charge in [0.15, 0.2) is 0 Å². The lowest BCUT2D eigenvalue weighted by Crippen LogP contribution is -2.41. The van der Waals surface area contributed by atoms with Gasteiger partial charge < -0.3 is 33.0 Å². The van der Waals surface area contributed by atoms with Crippen LogP contribution >= 0.6 is 0 Å². The van der Waals surface area contributed by atoms with Crippen LogP contribution in [-0.4, -0.2) is 63.1 Å². The fraction of sp³-hybridized carbons (Fsp3) is 0.500. The molecule has 3 aliphatic heterocycles. The first-order chi connectivity index (χ1) is 21.2. The van der Waals surface area contributed by atoms with Crippen molar-refractivity contribution in [3.8, 4) is 0 Å². The van der Waals surface area contributed by atoms with E-state index in [0.29, 0.717) is 0 Å². The predicted octanol–water partition coefficient (Wildman–Crippen LogP) is 5.62. The Morgan fingerprint density at radius 1 is 0.511 bits per heavy atom. The average Bonchev–Trinajstić information content (AvgIpc) is 3.54. The molecule has 3 heterocycles. The SMILES string of the molecule is CO[C@H]1[C@H](OC)[C@H](c2ccc(B3OC(C)(C)C(C)(C)O3)cc2)N(c2ccccc2)[C@H]1c1ccc(B2OC(C)(C)C(C)(C)O2)cc1. The van der Waals surface area contributed by atoms with E-state index in [2.05, 4.69) is 133 Å². The number of hydrogen-bond donors (Lipinski definition) is 0. The van der Waals surface area contributed by atoms with Gasteiger partial charge in [-0.3, -0.25) is 0 Å².